The summed E-state index contributed by atoms with van der Waals surface area (Å²) in [5.74, 6) is -2.27. The van der Waals surface area contributed by atoms with Crippen molar-refractivity contribution in [1.82, 2.24) is 0 Å². The molecule has 3 rings (SSSR count). The second-order valence-corrected chi connectivity index (χ2v) is 27.8. The maximum Gasteiger partial charge on any atom is 0.472 e. The number of phosphoric acid groups is 1. The Kier molecular flexibility index (Phi) is 48.3. The van der Waals surface area contributed by atoms with Gasteiger partial charge in [0, 0.05) is 18.9 Å². The number of unbranched alkanes of at least 4 members (excludes halogenated alkanes) is 32. The zero-order chi connectivity index (χ0) is 70.4. The summed E-state index contributed by atoms with van der Waals surface area (Å²) in [6.45, 7) is 3.30. The lowest BCUT2D eigenvalue weighted by atomic mass is 9.84. The van der Waals surface area contributed by atoms with Crippen LogP contribution in [0.3, 0.4) is 0 Å². The number of esters is 3. The van der Waals surface area contributed by atoms with Gasteiger partial charge < -0.3 is 89.1 Å². The fraction of sp³-hybridized carbons (Fsp3) is 0.873. The summed E-state index contributed by atoms with van der Waals surface area (Å²) in [4.78, 5) is 50.8. The van der Waals surface area contributed by atoms with E-state index in [1.54, 1.807) is 6.08 Å². The first-order valence-corrected chi connectivity index (χ1v) is 38.3. The second kappa shape index (κ2) is 53.1. The van der Waals surface area contributed by atoms with Crippen molar-refractivity contribution in [1.29, 1.82) is 0 Å². The molecule has 1 saturated carbocycles. The SMILES string of the molecule is CCCCCCCC/C=C\CCCCCC(=O)OCC(COP(=O)(O)OC1C(OC2OC(CO)C(O)C(O)C2O)C(O)C(O)C(O)C1OC1OC(COC(=O)CCCCCCCCCCCCCCC)C(O)C(O)C1O)OC(=O)/C=C/C=C/CCCCCCCCCCCCC. The molecular formula is C71H127O24P. The number of carbonyl (C=O) groups is 3. The number of allylic oxidation sites excluding steroid dienone is 5. The van der Waals surface area contributed by atoms with Crippen molar-refractivity contribution in [2.45, 2.75) is 369 Å². The lowest BCUT2D eigenvalue weighted by Crippen LogP contribution is -2.69. The summed E-state index contributed by atoms with van der Waals surface area (Å²) in [5.41, 5.74) is 0. The van der Waals surface area contributed by atoms with E-state index in [4.69, 9.17) is 42.2 Å². The Labute approximate surface area is 572 Å². The third-order valence-electron chi connectivity index (χ3n) is 18.0. The molecule has 18 atom stereocenters. The molecule has 0 bridgehead atoms. The summed E-state index contributed by atoms with van der Waals surface area (Å²) in [5, 5.41) is 110. The average molecular weight is 1400 g/mol. The highest BCUT2D eigenvalue weighted by Gasteiger charge is 2.58. The maximum atomic E-state index is 14.3. The van der Waals surface area contributed by atoms with Gasteiger partial charge in [0.15, 0.2) is 18.7 Å². The summed E-state index contributed by atoms with van der Waals surface area (Å²) < 4.78 is 64.7. The molecule has 3 aliphatic rings. The van der Waals surface area contributed by atoms with Crippen LogP contribution in [0.5, 0.6) is 0 Å². The van der Waals surface area contributed by atoms with Crippen LogP contribution in [0.2, 0.25) is 0 Å². The number of ether oxygens (including phenoxy) is 7. The third-order valence-corrected chi connectivity index (χ3v) is 19.0. The van der Waals surface area contributed by atoms with Crippen LogP contribution in [0.1, 0.15) is 265 Å². The number of rotatable bonds is 56. The van der Waals surface area contributed by atoms with E-state index in [1.807, 2.05) is 6.08 Å². The molecule has 25 heteroatoms. The highest BCUT2D eigenvalue weighted by Crippen LogP contribution is 2.49. The van der Waals surface area contributed by atoms with E-state index in [2.05, 4.69) is 32.9 Å². The quantitative estimate of drug-likeness (QED) is 0.00513. The predicted octanol–water partition coefficient (Wildman–Crippen LogP) is 9.51. The molecule has 0 radical (unpaired) electrons. The van der Waals surface area contributed by atoms with Gasteiger partial charge in [0.25, 0.3) is 0 Å². The number of aliphatic hydroxyl groups is 10. The zero-order valence-electron chi connectivity index (χ0n) is 58.2. The van der Waals surface area contributed by atoms with Crippen LogP contribution in [-0.2, 0) is 61.2 Å². The van der Waals surface area contributed by atoms with Gasteiger partial charge >= 0.3 is 25.7 Å². The standard InChI is InChI=1S/C71H127O24P/c1-4-7-10-13-16-19-22-25-26-29-32-35-38-41-44-47-57(75)90-52(49-87-55(73)45-42-39-36-33-30-27-23-20-17-14-11-8-5-2)50-89-96(85,86)95-69-67(93-70-65(83)60(78)58(76)53(48-72)91-70)63(81)62(80)64(82)68(69)94-71-66(84)61(79)59(77)54(92-71)51-88-56(74)46-43-40-37-34-31-28-24-21-18-15-12-9-6-3/h27,30,38,41,44,47,52-54,58-72,76-84H,4-26,28-29,31-37,39-40,42-43,45-46,48-51H2,1-3H3,(H,85,86)/b30-27-,41-38+,47-44+. The van der Waals surface area contributed by atoms with E-state index >= 15 is 0 Å². The van der Waals surface area contributed by atoms with Gasteiger partial charge in [-0.1, -0.05) is 231 Å². The summed E-state index contributed by atoms with van der Waals surface area (Å²) >= 11 is 0. The third kappa shape index (κ3) is 36.2. The van der Waals surface area contributed by atoms with Crippen molar-refractivity contribution >= 4 is 25.7 Å². The Hall–Kier alpha value is -2.82. The van der Waals surface area contributed by atoms with Crippen molar-refractivity contribution in [3.63, 3.8) is 0 Å². The normalized spacial score (nSPS) is 28.1. The van der Waals surface area contributed by atoms with E-state index in [-0.39, 0.29) is 12.8 Å². The van der Waals surface area contributed by atoms with Gasteiger partial charge in [-0.05, 0) is 51.4 Å². The number of carbonyl (C=O) groups excluding carboxylic acids is 3. The van der Waals surface area contributed by atoms with Gasteiger partial charge in [-0.25, -0.2) is 9.36 Å². The van der Waals surface area contributed by atoms with Crippen molar-refractivity contribution in [2.24, 2.45) is 0 Å². The molecule has 0 aromatic rings. The second-order valence-electron chi connectivity index (χ2n) is 26.4. The van der Waals surface area contributed by atoms with Crippen LogP contribution in [0.25, 0.3) is 0 Å². The molecule has 2 aliphatic heterocycles. The zero-order valence-corrected chi connectivity index (χ0v) is 59.0. The van der Waals surface area contributed by atoms with Gasteiger partial charge in [0.2, 0.25) is 0 Å². The van der Waals surface area contributed by atoms with Crippen LogP contribution >= 0.6 is 7.82 Å². The van der Waals surface area contributed by atoms with Crippen LogP contribution in [0.4, 0.5) is 0 Å². The first kappa shape index (κ1) is 87.4. The predicted molar refractivity (Wildman–Crippen MR) is 361 cm³/mol. The van der Waals surface area contributed by atoms with E-state index < -0.39 is 156 Å². The summed E-state index contributed by atoms with van der Waals surface area (Å²) in [6, 6.07) is 0. The van der Waals surface area contributed by atoms with E-state index in [0.29, 0.717) is 12.8 Å². The highest BCUT2D eigenvalue weighted by atomic mass is 31.2. The van der Waals surface area contributed by atoms with Gasteiger partial charge in [0.1, 0.15) is 98.7 Å². The van der Waals surface area contributed by atoms with Crippen LogP contribution < -0.4 is 0 Å². The smallest absolute Gasteiger partial charge is 0.463 e. The lowest BCUT2D eigenvalue weighted by Gasteiger charge is -2.49. The fourth-order valence-electron chi connectivity index (χ4n) is 12.0. The largest absolute Gasteiger partial charge is 0.472 e. The molecule has 11 N–H and O–H groups in total. The molecule has 96 heavy (non-hydrogen) atoms. The van der Waals surface area contributed by atoms with Crippen LogP contribution in [0.15, 0.2) is 36.5 Å². The van der Waals surface area contributed by atoms with Crippen molar-refractivity contribution in [3.05, 3.63) is 36.5 Å². The Morgan fingerprint density at radius 3 is 1.25 bits per heavy atom. The Morgan fingerprint density at radius 1 is 0.427 bits per heavy atom. The van der Waals surface area contributed by atoms with Gasteiger partial charge in [-0.3, -0.25) is 18.6 Å². The molecule has 3 fully saturated rings. The number of hydrogen-bond acceptors (Lipinski definition) is 23. The summed E-state index contributed by atoms with van der Waals surface area (Å²) in [6.07, 6.45) is 14.4. The van der Waals surface area contributed by atoms with E-state index in [1.165, 1.54) is 134 Å². The molecule has 18 unspecified atom stereocenters. The molecule has 1 aliphatic carbocycles. The van der Waals surface area contributed by atoms with E-state index in [9.17, 15) is 74.9 Å². The maximum absolute atomic E-state index is 14.3. The van der Waals surface area contributed by atoms with Crippen molar-refractivity contribution in [2.75, 3.05) is 26.4 Å². The average Bonchev–Trinajstić information content (AvgIpc) is 0.739. The molecular weight excluding hydrogens is 1270 g/mol. The Balaban J connectivity index is 1.77. The van der Waals surface area contributed by atoms with Gasteiger partial charge in [0.05, 0.1) is 13.2 Å². The van der Waals surface area contributed by atoms with Crippen LogP contribution in [0, 0.1) is 0 Å². The van der Waals surface area contributed by atoms with Gasteiger partial charge in [-0.15, -0.1) is 0 Å². The van der Waals surface area contributed by atoms with Gasteiger partial charge in [-0.2, -0.15) is 0 Å². The molecule has 0 aromatic heterocycles. The number of phosphoric ester groups is 1. The van der Waals surface area contributed by atoms with E-state index in [0.717, 1.165) is 96.0 Å². The lowest BCUT2D eigenvalue weighted by molar-refractivity contribution is -0.360. The highest BCUT2D eigenvalue weighted by molar-refractivity contribution is 7.47. The minimum Gasteiger partial charge on any atom is -0.463 e. The van der Waals surface area contributed by atoms with Crippen molar-refractivity contribution in [3.8, 4) is 0 Å². The first-order chi connectivity index (χ1) is 46.3. The molecule has 0 spiro atoms. The van der Waals surface area contributed by atoms with Crippen LogP contribution in [-0.4, -0.2) is 204 Å². The Morgan fingerprint density at radius 2 is 0.802 bits per heavy atom. The number of aliphatic hydroxyl groups excluding tert-OH is 10. The molecule has 24 nitrogen and oxygen atoms in total. The molecule has 2 heterocycles. The summed E-state index contributed by atoms with van der Waals surface area (Å²) in [7, 11) is -5.72. The minimum absolute atomic E-state index is 0.00462. The van der Waals surface area contributed by atoms with Crippen molar-refractivity contribution < 1.29 is 117 Å². The Bertz CT molecular complexity index is 2140. The first-order valence-electron chi connectivity index (χ1n) is 36.8. The minimum atomic E-state index is -5.72. The monoisotopic (exact) mass is 1390 g/mol. The fourth-order valence-corrected chi connectivity index (χ4v) is 12.9. The molecule has 0 amide bonds. The molecule has 0 aromatic carbocycles. The number of hydrogen-bond donors (Lipinski definition) is 11. The topological polar surface area (TPSA) is 374 Å². The molecule has 560 valence electrons. The molecule has 2 saturated heterocycles.